The van der Waals surface area contributed by atoms with Gasteiger partial charge >= 0.3 is 0 Å². The highest BCUT2D eigenvalue weighted by Crippen LogP contribution is 2.22. The van der Waals surface area contributed by atoms with E-state index in [1.165, 1.54) is 12.1 Å². The van der Waals surface area contributed by atoms with Gasteiger partial charge in [-0.15, -0.1) is 0 Å². The predicted molar refractivity (Wildman–Crippen MR) is 74.4 cm³/mol. The lowest BCUT2D eigenvalue weighted by atomic mass is 10.1. The molecule has 0 aromatic heterocycles. The average Bonchev–Trinajstić information content (AvgIpc) is 2.81. The monoisotopic (exact) mass is 247 g/mol. The molecule has 1 aromatic rings. The summed E-state index contributed by atoms with van der Waals surface area (Å²) in [7, 11) is 2.08. The van der Waals surface area contributed by atoms with Gasteiger partial charge in [0.15, 0.2) is 0 Å². The Bertz CT molecular complexity index is 439. The Hall–Kier alpha value is -1.55. The van der Waals surface area contributed by atoms with Gasteiger partial charge in [0.25, 0.3) is 0 Å². The second-order valence-corrected chi connectivity index (χ2v) is 4.93. The highest BCUT2D eigenvalue weighted by molar-refractivity contribution is 5.95. The van der Waals surface area contributed by atoms with Crippen LogP contribution in [-0.4, -0.2) is 32.1 Å². The number of rotatable bonds is 4. The van der Waals surface area contributed by atoms with Gasteiger partial charge < -0.3 is 15.4 Å². The molecule has 0 bridgehead atoms. The minimum atomic E-state index is 0.117. The maximum absolute atomic E-state index is 7.43. The minimum absolute atomic E-state index is 0.117. The summed E-state index contributed by atoms with van der Waals surface area (Å²) in [6, 6.07) is 5.89. The molecular formula is C14H21N3O. The molecule has 0 radical (unpaired) electrons. The minimum Gasteiger partial charge on any atom is -0.384 e. The van der Waals surface area contributed by atoms with E-state index in [4.69, 9.17) is 15.9 Å². The van der Waals surface area contributed by atoms with Gasteiger partial charge in [0.2, 0.25) is 0 Å². The smallest absolute Gasteiger partial charge is 0.122 e. The zero-order chi connectivity index (χ0) is 13.1. The molecule has 1 aromatic carbocycles. The van der Waals surface area contributed by atoms with E-state index in [1.807, 2.05) is 25.1 Å². The third-order valence-electron chi connectivity index (χ3n) is 3.42. The van der Waals surface area contributed by atoms with E-state index in [0.717, 1.165) is 30.7 Å². The Kier molecular flexibility index (Phi) is 3.87. The largest absolute Gasteiger partial charge is 0.384 e. The van der Waals surface area contributed by atoms with Crippen LogP contribution in [0, 0.1) is 12.3 Å². The highest BCUT2D eigenvalue weighted by atomic mass is 16.5. The van der Waals surface area contributed by atoms with E-state index in [2.05, 4.69) is 11.9 Å². The molecule has 0 amide bonds. The SMILES string of the molecule is Cc1cc(C(=N)N)ccc1N(C)CC1CCCO1. The molecule has 98 valence electrons. The summed E-state index contributed by atoms with van der Waals surface area (Å²) in [5.41, 5.74) is 8.59. The quantitative estimate of drug-likeness (QED) is 0.631. The zero-order valence-electron chi connectivity index (χ0n) is 11.1. The summed E-state index contributed by atoms with van der Waals surface area (Å²) in [5.74, 6) is 0.117. The second-order valence-electron chi connectivity index (χ2n) is 4.93. The summed E-state index contributed by atoms with van der Waals surface area (Å²) >= 11 is 0. The van der Waals surface area contributed by atoms with Crippen molar-refractivity contribution in [3.05, 3.63) is 29.3 Å². The molecule has 1 atom stereocenters. The van der Waals surface area contributed by atoms with Crippen molar-refractivity contribution in [2.75, 3.05) is 25.1 Å². The van der Waals surface area contributed by atoms with Crippen LogP contribution >= 0.6 is 0 Å². The molecule has 1 fully saturated rings. The highest BCUT2D eigenvalue weighted by Gasteiger charge is 2.18. The number of nitrogen functional groups attached to an aromatic ring is 1. The van der Waals surface area contributed by atoms with Crippen LogP contribution in [0.1, 0.15) is 24.0 Å². The number of nitrogens with zero attached hydrogens (tertiary/aromatic N) is 1. The molecule has 3 N–H and O–H groups in total. The van der Waals surface area contributed by atoms with Gasteiger partial charge in [-0.1, -0.05) is 0 Å². The van der Waals surface area contributed by atoms with E-state index < -0.39 is 0 Å². The van der Waals surface area contributed by atoms with Gasteiger partial charge in [-0.05, 0) is 43.5 Å². The molecule has 4 heteroatoms. The lowest BCUT2D eigenvalue weighted by Gasteiger charge is -2.24. The third kappa shape index (κ3) is 2.82. The summed E-state index contributed by atoms with van der Waals surface area (Å²) in [5, 5.41) is 7.43. The Morgan fingerprint density at radius 1 is 1.56 bits per heavy atom. The van der Waals surface area contributed by atoms with Crippen LogP contribution in [0.3, 0.4) is 0 Å². The number of hydrogen-bond donors (Lipinski definition) is 2. The number of aryl methyl sites for hydroxylation is 1. The van der Waals surface area contributed by atoms with E-state index in [9.17, 15) is 0 Å². The van der Waals surface area contributed by atoms with Crippen molar-refractivity contribution >= 4 is 11.5 Å². The second kappa shape index (κ2) is 5.40. The van der Waals surface area contributed by atoms with Crippen LogP contribution in [0.15, 0.2) is 18.2 Å². The molecule has 1 aliphatic heterocycles. The van der Waals surface area contributed by atoms with Crippen LogP contribution in [0.2, 0.25) is 0 Å². The molecule has 0 aliphatic carbocycles. The van der Waals surface area contributed by atoms with E-state index >= 15 is 0 Å². The van der Waals surface area contributed by atoms with Gasteiger partial charge in [0.05, 0.1) is 6.10 Å². The number of anilines is 1. The number of nitrogens with two attached hydrogens (primary N) is 1. The Morgan fingerprint density at radius 2 is 2.33 bits per heavy atom. The lowest BCUT2D eigenvalue weighted by molar-refractivity contribution is 0.116. The van der Waals surface area contributed by atoms with Crippen molar-refractivity contribution in [1.29, 1.82) is 5.41 Å². The Labute approximate surface area is 108 Å². The van der Waals surface area contributed by atoms with Gasteiger partial charge in [-0.3, -0.25) is 5.41 Å². The number of benzene rings is 1. The van der Waals surface area contributed by atoms with Crippen LogP contribution < -0.4 is 10.6 Å². The van der Waals surface area contributed by atoms with E-state index in [0.29, 0.717) is 6.10 Å². The first-order chi connectivity index (χ1) is 8.58. The molecule has 1 saturated heterocycles. The number of amidine groups is 1. The molecular weight excluding hydrogens is 226 g/mol. The molecule has 4 nitrogen and oxygen atoms in total. The van der Waals surface area contributed by atoms with E-state index in [-0.39, 0.29) is 5.84 Å². The summed E-state index contributed by atoms with van der Waals surface area (Å²) < 4.78 is 5.65. The number of hydrogen-bond acceptors (Lipinski definition) is 3. The fraction of sp³-hybridized carbons (Fsp3) is 0.500. The Morgan fingerprint density at radius 3 is 2.89 bits per heavy atom. The number of ether oxygens (including phenoxy) is 1. The van der Waals surface area contributed by atoms with Crippen molar-refractivity contribution in [2.45, 2.75) is 25.9 Å². The number of nitrogens with one attached hydrogen (secondary N) is 1. The van der Waals surface area contributed by atoms with Crippen LogP contribution in [0.5, 0.6) is 0 Å². The van der Waals surface area contributed by atoms with Crippen molar-refractivity contribution in [3.63, 3.8) is 0 Å². The Balaban J connectivity index is 2.09. The summed E-state index contributed by atoms with van der Waals surface area (Å²) in [6.07, 6.45) is 2.66. The van der Waals surface area contributed by atoms with Gasteiger partial charge in [-0.25, -0.2) is 0 Å². The van der Waals surface area contributed by atoms with Crippen molar-refractivity contribution < 1.29 is 4.74 Å². The van der Waals surface area contributed by atoms with Crippen molar-refractivity contribution in [1.82, 2.24) is 0 Å². The molecule has 1 unspecified atom stereocenters. The maximum Gasteiger partial charge on any atom is 0.122 e. The topological polar surface area (TPSA) is 62.3 Å². The molecule has 18 heavy (non-hydrogen) atoms. The first kappa shape index (κ1) is 12.9. The third-order valence-corrected chi connectivity index (χ3v) is 3.42. The lowest BCUT2D eigenvalue weighted by Crippen LogP contribution is -2.29. The fourth-order valence-corrected chi connectivity index (χ4v) is 2.44. The van der Waals surface area contributed by atoms with Crippen LogP contribution in [0.4, 0.5) is 5.69 Å². The van der Waals surface area contributed by atoms with Gasteiger partial charge in [0.1, 0.15) is 5.84 Å². The number of likely N-dealkylation sites (N-methyl/N-ethyl adjacent to an activating group) is 1. The normalized spacial score (nSPS) is 18.9. The van der Waals surface area contributed by atoms with Crippen molar-refractivity contribution in [3.8, 4) is 0 Å². The maximum atomic E-state index is 7.43. The summed E-state index contributed by atoms with van der Waals surface area (Å²) in [6.45, 7) is 3.86. The summed E-state index contributed by atoms with van der Waals surface area (Å²) in [4.78, 5) is 2.22. The standard InChI is InChI=1S/C14H21N3O/c1-10-8-11(14(15)16)5-6-13(10)17(2)9-12-4-3-7-18-12/h5-6,8,12H,3-4,7,9H2,1-2H3,(H3,15,16). The zero-order valence-corrected chi connectivity index (χ0v) is 11.1. The molecule has 0 saturated carbocycles. The predicted octanol–water partition coefficient (Wildman–Crippen LogP) is 1.89. The van der Waals surface area contributed by atoms with Gasteiger partial charge in [0, 0.05) is 31.5 Å². The first-order valence-corrected chi connectivity index (χ1v) is 6.35. The van der Waals surface area contributed by atoms with Gasteiger partial charge in [-0.2, -0.15) is 0 Å². The molecule has 1 heterocycles. The molecule has 2 rings (SSSR count). The molecule has 0 spiro atoms. The first-order valence-electron chi connectivity index (χ1n) is 6.35. The molecule has 1 aliphatic rings. The van der Waals surface area contributed by atoms with Crippen LogP contribution in [-0.2, 0) is 4.74 Å². The van der Waals surface area contributed by atoms with Crippen molar-refractivity contribution in [2.24, 2.45) is 5.73 Å². The average molecular weight is 247 g/mol. The van der Waals surface area contributed by atoms with Crippen LogP contribution in [0.25, 0.3) is 0 Å². The fourth-order valence-electron chi connectivity index (χ4n) is 2.44. The van der Waals surface area contributed by atoms with E-state index in [1.54, 1.807) is 0 Å².